The molecule has 0 radical (unpaired) electrons. The van der Waals surface area contributed by atoms with Crippen molar-refractivity contribution in [3.05, 3.63) is 69.2 Å². The van der Waals surface area contributed by atoms with E-state index in [1.165, 1.54) is 0 Å². The van der Waals surface area contributed by atoms with Gasteiger partial charge in [0.15, 0.2) is 8.32 Å². The number of rotatable bonds is 9. The lowest BCUT2D eigenvalue weighted by Crippen LogP contribution is -2.42. The van der Waals surface area contributed by atoms with E-state index in [0.29, 0.717) is 29.5 Å². The Labute approximate surface area is 203 Å². The third kappa shape index (κ3) is 7.06. The SMILES string of the molecule is CCOC(=O)[C@@H](N)Cc1ccc(CC(O[Si](C)(C)C(C)(C)C)c2c(Cl)cccc2Cl)cc1. The molecule has 0 aliphatic carbocycles. The molecule has 0 amide bonds. The molecule has 2 rings (SSSR count). The van der Waals surface area contributed by atoms with E-state index < -0.39 is 14.4 Å². The first-order chi connectivity index (χ1) is 14.9. The lowest BCUT2D eigenvalue weighted by Gasteiger charge is -2.40. The van der Waals surface area contributed by atoms with Crippen molar-refractivity contribution in [2.45, 2.75) is 70.8 Å². The van der Waals surface area contributed by atoms with Gasteiger partial charge in [-0.3, -0.25) is 4.79 Å². The third-order valence-corrected chi connectivity index (χ3v) is 11.2. The normalized spacial score (nSPS) is 14.2. The molecule has 2 aromatic carbocycles. The molecule has 2 atom stereocenters. The van der Waals surface area contributed by atoms with Crippen LogP contribution >= 0.6 is 23.2 Å². The first kappa shape index (κ1) is 26.9. The summed E-state index contributed by atoms with van der Waals surface area (Å²) in [5.41, 5.74) is 8.86. The Morgan fingerprint density at radius 1 is 1.00 bits per heavy atom. The van der Waals surface area contributed by atoms with E-state index in [9.17, 15) is 4.79 Å². The van der Waals surface area contributed by atoms with Gasteiger partial charge in [0.1, 0.15) is 6.04 Å². The lowest BCUT2D eigenvalue weighted by molar-refractivity contribution is -0.144. The van der Waals surface area contributed by atoms with Gasteiger partial charge in [0.05, 0.1) is 12.7 Å². The Morgan fingerprint density at radius 2 is 1.50 bits per heavy atom. The van der Waals surface area contributed by atoms with Crippen LogP contribution in [0.5, 0.6) is 0 Å². The Balaban J connectivity index is 2.27. The molecule has 7 heteroatoms. The molecule has 0 aliphatic rings. The predicted octanol–water partition coefficient (Wildman–Crippen LogP) is 6.73. The second-order valence-electron chi connectivity index (χ2n) is 9.59. The summed E-state index contributed by atoms with van der Waals surface area (Å²) >= 11 is 13.1. The molecular formula is C25H35Cl2NO3Si. The molecule has 0 aliphatic heterocycles. The largest absolute Gasteiger partial charge is 0.465 e. The summed E-state index contributed by atoms with van der Waals surface area (Å²) in [5, 5.41) is 1.27. The third-order valence-electron chi connectivity index (χ3n) is 6.05. The van der Waals surface area contributed by atoms with Crippen LogP contribution in [0.25, 0.3) is 0 Å². The molecule has 0 saturated heterocycles. The van der Waals surface area contributed by atoms with Crippen molar-refractivity contribution in [2.75, 3.05) is 6.61 Å². The molecule has 0 aromatic heterocycles. The lowest BCUT2D eigenvalue weighted by atomic mass is 9.99. The van der Waals surface area contributed by atoms with E-state index >= 15 is 0 Å². The van der Waals surface area contributed by atoms with Gasteiger partial charge in [0.25, 0.3) is 0 Å². The molecule has 0 spiro atoms. The molecule has 2 aromatic rings. The maximum absolute atomic E-state index is 11.8. The molecule has 0 fully saturated rings. The fourth-order valence-corrected chi connectivity index (χ4v) is 5.07. The van der Waals surface area contributed by atoms with Crippen LogP contribution in [0.3, 0.4) is 0 Å². The van der Waals surface area contributed by atoms with E-state index in [-0.39, 0.29) is 17.1 Å². The van der Waals surface area contributed by atoms with Crippen LogP contribution in [0.4, 0.5) is 0 Å². The molecule has 0 bridgehead atoms. The van der Waals surface area contributed by atoms with Gasteiger partial charge in [-0.25, -0.2) is 0 Å². The van der Waals surface area contributed by atoms with Gasteiger partial charge >= 0.3 is 5.97 Å². The Kier molecular flexibility index (Phi) is 9.38. The van der Waals surface area contributed by atoms with Crippen molar-refractivity contribution in [3.8, 4) is 0 Å². The molecule has 1 unspecified atom stereocenters. The van der Waals surface area contributed by atoms with Crippen LogP contribution in [0, 0.1) is 0 Å². The number of carbonyl (C=O) groups excluding carboxylic acids is 1. The van der Waals surface area contributed by atoms with Gasteiger partial charge in [0.2, 0.25) is 0 Å². The number of hydrogen-bond donors (Lipinski definition) is 1. The zero-order valence-electron chi connectivity index (χ0n) is 19.9. The fraction of sp³-hybridized carbons (Fsp3) is 0.480. The molecule has 0 heterocycles. The minimum Gasteiger partial charge on any atom is -0.465 e. The second-order valence-corrected chi connectivity index (χ2v) is 15.2. The fourth-order valence-electron chi connectivity index (χ4n) is 3.17. The van der Waals surface area contributed by atoms with E-state index in [1.54, 1.807) is 6.92 Å². The molecule has 4 nitrogen and oxygen atoms in total. The van der Waals surface area contributed by atoms with Gasteiger partial charge in [0, 0.05) is 22.0 Å². The number of esters is 1. The van der Waals surface area contributed by atoms with Crippen molar-refractivity contribution >= 4 is 37.5 Å². The summed E-state index contributed by atoms with van der Waals surface area (Å²) in [7, 11) is -2.09. The van der Waals surface area contributed by atoms with E-state index in [2.05, 4.69) is 33.9 Å². The highest BCUT2D eigenvalue weighted by molar-refractivity contribution is 6.74. The van der Waals surface area contributed by atoms with E-state index in [4.69, 9.17) is 38.1 Å². The van der Waals surface area contributed by atoms with Crippen LogP contribution in [-0.4, -0.2) is 26.9 Å². The number of nitrogens with two attached hydrogens (primary N) is 1. The number of carbonyl (C=O) groups is 1. The number of hydrogen-bond acceptors (Lipinski definition) is 4. The van der Waals surface area contributed by atoms with Crippen molar-refractivity contribution < 1.29 is 14.0 Å². The summed E-state index contributed by atoms with van der Waals surface area (Å²) in [6.07, 6.45) is 0.809. The smallest absolute Gasteiger partial charge is 0.323 e. The van der Waals surface area contributed by atoms with Crippen LogP contribution < -0.4 is 5.73 Å². The molecule has 2 N–H and O–H groups in total. The summed E-state index contributed by atoms with van der Waals surface area (Å²) in [6.45, 7) is 13.2. The summed E-state index contributed by atoms with van der Waals surface area (Å²) < 4.78 is 11.8. The number of benzene rings is 2. The highest BCUT2D eigenvalue weighted by Crippen LogP contribution is 2.43. The van der Waals surface area contributed by atoms with Crippen LogP contribution in [0.1, 0.15) is 50.5 Å². The van der Waals surface area contributed by atoms with Crippen molar-refractivity contribution in [3.63, 3.8) is 0 Å². The average Bonchev–Trinajstić information content (AvgIpc) is 2.68. The summed E-state index contributed by atoms with van der Waals surface area (Å²) in [4.78, 5) is 11.8. The maximum atomic E-state index is 11.8. The first-order valence-corrected chi connectivity index (χ1v) is 14.6. The molecule has 0 saturated carbocycles. The monoisotopic (exact) mass is 495 g/mol. The van der Waals surface area contributed by atoms with Gasteiger partial charge in [-0.1, -0.05) is 74.3 Å². The quantitative estimate of drug-likeness (QED) is 0.309. The highest BCUT2D eigenvalue weighted by atomic mass is 35.5. The van der Waals surface area contributed by atoms with Crippen molar-refractivity contribution in [1.82, 2.24) is 0 Å². The van der Waals surface area contributed by atoms with Crippen molar-refractivity contribution in [1.29, 1.82) is 0 Å². The molecule has 176 valence electrons. The minimum absolute atomic E-state index is 0.0477. The zero-order valence-corrected chi connectivity index (χ0v) is 22.4. The average molecular weight is 497 g/mol. The number of ether oxygens (including phenoxy) is 1. The predicted molar refractivity (Wildman–Crippen MR) is 136 cm³/mol. The standard InChI is InChI=1S/C25H35Cl2NO3Si/c1-7-30-24(29)21(28)15-17-11-13-18(14-12-17)16-22(31-32(5,6)25(2,3)4)23-19(26)9-8-10-20(23)27/h8-14,21-22H,7,15-16,28H2,1-6H3/t21-,22?/m0/s1. The van der Waals surface area contributed by atoms with Crippen molar-refractivity contribution in [2.24, 2.45) is 5.73 Å². The molecule has 32 heavy (non-hydrogen) atoms. The second kappa shape index (κ2) is 11.2. The zero-order chi connectivity index (χ0) is 24.1. The Morgan fingerprint density at radius 3 is 1.97 bits per heavy atom. The number of halogens is 2. The summed E-state index contributed by atoms with van der Waals surface area (Å²) in [6, 6.07) is 12.9. The maximum Gasteiger partial charge on any atom is 0.323 e. The minimum atomic E-state index is -2.09. The van der Waals surface area contributed by atoms with Gasteiger partial charge in [-0.2, -0.15) is 0 Å². The Hall–Kier alpha value is -1.37. The van der Waals surface area contributed by atoms with Gasteiger partial charge < -0.3 is 14.9 Å². The van der Waals surface area contributed by atoms with Crippen LogP contribution in [0.2, 0.25) is 28.2 Å². The van der Waals surface area contributed by atoms with Crippen LogP contribution in [0.15, 0.2) is 42.5 Å². The summed E-state index contributed by atoms with van der Waals surface area (Å²) in [5.74, 6) is -0.382. The van der Waals surface area contributed by atoms with E-state index in [1.807, 2.05) is 42.5 Å². The van der Waals surface area contributed by atoms with Gasteiger partial charge in [-0.15, -0.1) is 0 Å². The topological polar surface area (TPSA) is 61.5 Å². The highest BCUT2D eigenvalue weighted by Gasteiger charge is 2.40. The van der Waals surface area contributed by atoms with E-state index in [0.717, 1.165) is 16.7 Å². The first-order valence-electron chi connectivity index (χ1n) is 11.0. The Bertz CT molecular complexity index is 890. The van der Waals surface area contributed by atoms with Gasteiger partial charge in [-0.05, 0) is 54.7 Å². The van der Waals surface area contributed by atoms with Crippen LogP contribution in [-0.2, 0) is 26.8 Å². The molecular weight excluding hydrogens is 461 g/mol.